The molecule has 0 radical (unpaired) electrons. The van der Waals surface area contributed by atoms with Crippen LogP contribution in [0, 0.1) is 0 Å². The van der Waals surface area contributed by atoms with E-state index in [9.17, 15) is 10.2 Å². The van der Waals surface area contributed by atoms with Crippen molar-refractivity contribution in [2.24, 2.45) is 0 Å². The van der Waals surface area contributed by atoms with Crippen molar-refractivity contribution >= 4 is 11.6 Å². The Hall–Kier alpha value is -2.07. The first-order chi connectivity index (χ1) is 11.2. The molecule has 0 amide bonds. The van der Waals surface area contributed by atoms with Crippen LogP contribution in [-0.2, 0) is 19.6 Å². The van der Waals surface area contributed by atoms with Crippen molar-refractivity contribution in [2.45, 2.75) is 19.6 Å². The fraction of sp³-hybridized carbons (Fsp3) is 0.158. The molecule has 1 aliphatic rings. The third-order valence-electron chi connectivity index (χ3n) is 4.52. The van der Waals surface area contributed by atoms with Crippen molar-refractivity contribution in [1.29, 1.82) is 0 Å². The molecule has 0 bridgehead atoms. The smallest absolute Gasteiger partial charge is 0.0706 e. The van der Waals surface area contributed by atoms with E-state index in [1.165, 1.54) is 5.56 Å². The average Bonchev–Trinajstić information content (AvgIpc) is 3.09. The number of aliphatic hydroxyl groups excluding tert-OH is 2. The van der Waals surface area contributed by atoms with Crippen LogP contribution in [0.2, 0.25) is 5.02 Å². The summed E-state index contributed by atoms with van der Waals surface area (Å²) in [5.74, 6) is 0. The molecular weight excluding hydrogens is 310 g/mol. The summed E-state index contributed by atoms with van der Waals surface area (Å²) in [6, 6.07) is 15.8. The van der Waals surface area contributed by atoms with Gasteiger partial charge in [0.1, 0.15) is 0 Å². The van der Waals surface area contributed by atoms with Gasteiger partial charge in [-0.25, -0.2) is 0 Å². The summed E-state index contributed by atoms with van der Waals surface area (Å²) in [5.41, 5.74) is 6.94. The standard InChI is InChI=1S/C19H16ClNO2/c20-14-7-5-12(6-8-14)19-16(11-23)15(10-22)18-9-13-3-1-2-4-17(13)21(18)19/h1-8,22-23H,9-11H2. The molecule has 3 nitrogen and oxygen atoms in total. The first kappa shape index (κ1) is 14.5. The van der Waals surface area contributed by atoms with Crippen molar-refractivity contribution in [3.8, 4) is 16.9 Å². The van der Waals surface area contributed by atoms with Crippen LogP contribution in [-0.4, -0.2) is 14.8 Å². The molecule has 1 aromatic heterocycles. The van der Waals surface area contributed by atoms with Gasteiger partial charge >= 0.3 is 0 Å². The largest absolute Gasteiger partial charge is 0.392 e. The van der Waals surface area contributed by atoms with E-state index in [-0.39, 0.29) is 13.2 Å². The summed E-state index contributed by atoms with van der Waals surface area (Å²) >= 11 is 6.01. The fourth-order valence-corrected chi connectivity index (χ4v) is 3.63. The van der Waals surface area contributed by atoms with Crippen LogP contribution < -0.4 is 0 Å². The number of hydrogen-bond donors (Lipinski definition) is 2. The molecule has 1 aliphatic heterocycles. The molecule has 0 saturated heterocycles. The van der Waals surface area contributed by atoms with E-state index in [1.807, 2.05) is 36.4 Å². The van der Waals surface area contributed by atoms with Crippen LogP contribution in [0.4, 0.5) is 0 Å². The van der Waals surface area contributed by atoms with E-state index < -0.39 is 0 Å². The Morgan fingerprint density at radius 1 is 0.913 bits per heavy atom. The van der Waals surface area contributed by atoms with Gasteiger partial charge < -0.3 is 14.8 Å². The monoisotopic (exact) mass is 325 g/mol. The molecule has 2 aromatic carbocycles. The molecule has 23 heavy (non-hydrogen) atoms. The lowest BCUT2D eigenvalue weighted by Crippen LogP contribution is -1.97. The number of nitrogens with zero attached hydrogens (tertiary/aromatic N) is 1. The second-order valence-corrected chi connectivity index (χ2v) is 6.15. The summed E-state index contributed by atoms with van der Waals surface area (Å²) in [7, 11) is 0. The number of aliphatic hydroxyl groups is 2. The van der Waals surface area contributed by atoms with E-state index in [0.29, 0.717) is 5.02 Å². The molecule has 3 aromatic rings. The predicted octanol–water partition coefficient (Wildman–Crippen LogP) is 3.69. The molecule has 4 heteroatoms. The van der Waals surface area contributed by atoms with Crippen molar-refractivity contribution < 1.29 is 10.2 Å². The van der Waals surface area contributed by atoms with E-state index in [1.54, 1.807) is 0 Å². The number of para-hydroxylation sites is 1. The highest BCUT2D eigenvalue weighted by atomic mass is 35.5. The van der Waals surface area contributed by atoms with Gasteiger partial charge in [0.2, 0.25) is 0 Å². The maximum absolute atomic E-state index is 9.90. The highest BCUT2D eigenvalue weighted by molar-refractivity contribution is 6.30. The lowest BCUT2D eigenvalue weighted by molar-refractivity contribution is 0.260. The zero-order chi connectivity index (χ0) is 16.0. The van der Waals surface area contributed by atoms with Crippen LogP contribution in [0.1, 0.15) is 22.4 Å². The number of fused-ring (bicyclic) bond motifs is 3. The van der Waals surface area contributed by atoms with Crippen molar-refractivity contribution in [3.63, 3.8) is 0 Å². The Kier molecular flexibility index (Phi) is 3.49. The second kappa shape index (κ2) is 5.53. The lowest BCUT2D eigenvalue weighted by Gasteiger charge is -2.11. The Bertz CT molecular complexity index is 881. The number of rotatable bonds is 3. The minimum atomic E-state index is -0.101. The Morgan fingerprint density at radius 2 is 1.61 bits per heavy atom. The van der Waals surface area contributed by atoms with Crippen LogP contribution in [0.15, 0.2) is 48.5 Å². The van der Waals surface area contributed by atoms with Gasteiger partial charge in [-0.2, -0.15) is 0 Å². The molecule has 0 spiro atoms. The molecule has 0 atom stereocenters. The highest BCUT2D eigenvalue weighted by Crippen LogP contribution is 2.41. The molecular formula is C19H16ClNO2. The summed E-state index contributed by atoms with van der Waals surface area (Å²) in [6.07, 6.45) is 0.770. The predicted molar refractivity (Wildman–Crippen MR) is 90.9 cm³/mol. The average molecular weight is 326 g/mol. The van der Waals surface area contributed by atoms with Crippen molar-refractivity contribution in [3.05, 3.63) is 75.9 Å². The van der Waals surface area contributed by atoms with Gasteiger partial charge in [-0.1, -0.05) is 41.9 Å². The number of hydrogen-bond acceptors (Lipinski definition) is 2. The SMILES string of the molecule is OCc1c(CO)c(-c2ccc(Cl)cc2)n2c1Cc1ccccc1-2. The summed E-state index contributed by atoms with van der Waals surface area (Å²) in [5, 5.41) is 20.4. The first-order valence-electron chi connectivity index (χ1n) is 7.56. The highest BCUT2D eigenvalue weighted by Gasteiger charge is 2.29. The normalized spacial score (nSPS) is 12.3. The van der Waals surface area contributed by atoms with Crippen LogP contribution in [0.25, 0.3) is 16.9 Å². The molecule has 0 fully saturated rings. The van der Waals surface area contributed by atoms with Crippen LogP contribution >= 0.6 is 11.6 Å². The quantitative estimate of drug-likeness (QED) is 0.603. The van der Waals surface area contributed by atoms with Gasteiger partial charge in [0.15, 0.2) is 0 Å². The maximum atomic E-state index is 9.90. The second-order valence-electron chi connectivity index (χ2n) is 5.72. The summed E-state index contributed by atoms with van der Waals surface area (Å²) < 4.78 is 2.16. The van der Waals surface area contributed by atoms with Crippen molar-refractivity contribution in [1.82, 2.24) is 4.57 Å². The fourth-order valence-electron chi connectivity index (χ4n) is 3.50. The molecule has 116 valence electrons. The number of halogens is 1. The van der Waals surface area contributed by atoms with E-state index in [4.69, 9.17) is 11.6 Å². The van der Waals surface area contributed by atoms with Crippen LogP contribution in [0.5, 0.6) is 0 Å². The van der Waals surface area contributed by atoms with Crippen LogP contribution in [0.3, 0.4) is 0 Å². The van der Waals surface area contributed by atoms with Gasteiger partial charge in [0, 0.05) is 34.0 Å². The molecule has 2 N–H and O–H groups in total. The third-order valence-corrected chi connectivity index (χ3v) is 4.77. The molecule has 0 aliphatic carbocycles. The minimum Gasteiger partial charge on any atom is -0.392 e. The zero-order valence-corrected chi connectivity index (χ0v) is 13.2. The number of benzene rings is 2. The lowest BCUT2D eigenvalue weighted by atomic mass is 10.0. The third kappa shape index (κ3) is 2.12. The Morgan fingerprint density at radius 3 is 2.30 bits per heavy atom. The summed E-state index contributed by atoms with van der Waals surface area (Å²) in [6.45, 7) is -0.178. The van der Waals surface area contributed by atoms with Crippen molar-refractivity contribution in [2.75, 3.05) is 0 Å². The van der Waals surface area contributed by atoms with Gasteiger partial charge in [0.05, 0.1) is 18.9 Å². The maximum Gasteiger partial charge on any atom is 0.0706 e. The zero-order valence-electron chi connectivity index (χ0n) is 12.5. The first-order valence-corrected chi connectivity index (χ1v) is 7.93. The van der Waals surface area contributed by atoms with Gasteiger partial charge in [0.25, 0.3) is 0 Å². The topological polar surface area (TPSA) is 45.4 Å². The minimum absolute atomic E-state index is 0.0766. The molecule has 4 rings (SSSR count). The van der Waals surface area contributed by atoms with E-state index in [2.05, 4.69) is 16.7 Å². The molecule has 0 unspecified atom stereocenters. The van der Waals surface area contributed by atoms with E-state index in [0.717, 1.165) is 40.2 Å². The van der Waals surface area contributed by atoms with Gasteiger partial charge in [-0.15, -0.1) is 0 Å². The summed E-state index contributed by atoms with van der Waals surface area (Å²) in [4.78, 5) is 0. The Balaban J connectivity index is 2.04. The molecule has 0 saturated carbocycles. The Labute approximate surface area is 139 Å². The number of aromatic nitrogens is 1. The van der Waals surface area contributed by atoms with E-state index >= 15 is 0 Å². The van der Waals surface area contributed by atoms with Gasteiger partial charge in [-0.05, 0) is 29.3 Å². The van der Waals surface area contributed by atoms with Gasteiger partial charge in [-0.3, -0.25) is 0 Å². The molecule has 2 heterocycles.